The molecule has 0 aliphatic heterocycles. The number of halogens is 1. The summed E-state index contributed by atoms with van der Waals surface area (Å²) in [6, 6.07) is 13.6. The number of hydrogen-bond donors (Lipinski definition) is 2. The Kier molecular flexibility index (Phi) is 6.37. The van der Waals surface area contributed by atoms with Gasteiger partial charge in [-0.25, -0.2) is 9.37 Å². The Bertz CT molecular complexity index is 966. The van der Waals surface area contributed by atoms with E-state index in [1.54, 1.807) is 19.1 Å². The molecular formula is C21H23FN4O2. The van der Waals surface area contributed by atoms with Gasteiger partial charge in [-0.3, -0.25) is 9.59 Å². The highest BCUT2D eigenvalue weighted by molar-refractivity contribution is 5.81. The highest BCUT2D eigenvalue weighted by Gasteiger charge is 2.13. The molecular weight excluding hydrogens is 359 g/mol. The van der Waals surface area contributed by atoms with Crippen molar-refractivity contribution in [2.75, 3.05) is 6.54 Å². The number of para-hydroxylation sites is 2. The first-order valence-corrected chi connectivity index (χ1v) is 9.29. The predicted octanol–water partition coefficient (Wildman–Crippen LogP) is 2.56. The van der Waals surface area contributed by atoms with Crippen molar-refractivity contribution in [3.05, 3.63) is 65.7 Å². The van der Waals surface area contributed by atoms with Gasteiger partial charge in [0.2, 0.25) is 11.8 Å². The van der Waals surface area contributed by atoms with Crippen LogP contribution < -0.4 is 10.6 Å². The minimum Gasteiger partial charge on any atom is -0.356 e. The van der Waals surface area contributed by atoms with E-state index in [-0.39, 0.29) is 24.2 Å². The van der Waals surface area contributed by atoms with Crippen molar-refractivity contribution in [3.8, 4) is 0 Å². The van der Waals surface area contributed by atoms with Crippen LogP contribution in [-0.2, 0) is 29.1 Å². The number of hydrogen-bond acceptors (Lipinski definition) is 3. The Balaban J connectivity index is 1.69. The standard InChI is InChI=1S/C21H23FN4O2/c1-2-20(27)23-12-11-19-25-17-5-3-4-6-18(17)26(19)14-21(28)24-13-15-7-9-16(22)10-8-15/h3-10H,2,11-14H2,1H3,(H,23,27)(H,24,28). The molecule has 0 saturated carbocycles. The smallest absolute Gasteiger partial charge is 0.240 e. The summed E-state index contributed by atoms with van der Waals surface area (Å²) in [4.78, 5) is 28.5. The van der Waals surface area contributed by atoms with Crippen molar-refractivity contribution in [3.63, 3.8) is 0 Å². The summed E-state index contributed by atoms with van der Waals surface area (Å²) >= 11 is 0. The fourth-order valence-corrected chi connectivity index (χ4v) is 2.93. The molecule has 3 rings (SSSR count). The SMILES string of the molecule is CCC(=O)NCCc1nc2ccccc2n1CC(=O)NCc1ccc(F)cc1. The Labute approximate surface area is 162 Å². The molecule has 3 aromatic rings. The van der Waals surface area contributed by atoms with Gasteiger partial charge in [0.1, 0.15) is 18.2 Å². The molecule has 0 aliphatic rings. The zero-order valence-corrected chi connectivity index (χ0v) is 15.7. The number of aromatic nitrogens is 2. The first-order valence-electron chi connectivity index (χ1n) is 9.29. The Hall–Kier alpha value is -3.22. The van der Waals surface area contributed by atoms with Crippen LogP contribution in [0.3, 0.4) is 0 Å². The normalized spacial score (nSPS) is 10.8. The topological polar surface area (TPSA) is 76.0 Å². The molecule has 6 nitrogen and oxygen atoms in total. The van der Waals surface area contributed by atoms with Gasteiger partial charge in [0.25, 0.3) is 0 Å². The van der Waals surface area contributed by atoms with Crippen molar-refractivity contribution in [1.29, 1.82) is 0 Å². The van der Waals surface area contributed by atoms with Gasteiger partial charge in [0, 0.05) is 25.9 Å². The van der Waals surface area contributed by atoms with E-state index in [2.05, 4.69) is 15.6 Å². The first kappa shape index (κ1) is 19.5. The number of fused-ring (bicyclic) bond motifs is 1. The van der Waals surface area contributed by atoms with Crippen molar-refractivity contribution in [1.82, 2.24) is 20.2 Å². The van der Waals surface area contributed by atoms with E-state index in [9.17, 15) is 14.0 Å². The number of amides is 2. The van der Waals surface area contributed by atoms with E-state index in [1.807, 2.05) is 28.8 Å². The van der Waals surface area contributed by atoms with Gasteiger partial charge >= 0.3 is 0 Å². The van der Waals surface area contributed by atoms with Crippen LogP contribution in [0.4, 0.5) is 4.39 Å². The fraction of sp³-hybridized carbons (Fsp3) is 0.286. The van der Waals surface area contributed by atoms with Crippen molar-refractivity contribution >= 4 is 22.8 Å². The number of imidazole rings is 1. The molecule has 2 N–H and O–H groups in total. The summed E-state index contributed by atoms with van der Waals surface area (Å²) in [6.45, 7) is 2.72. The quantitative estimate of drug-likeness (QED) is 0.629. The van der Waals surface area contributed by atoms with Crippen molar-refractivity contribution < 1.29 is 14.0 Å². The van der Waals surface area contributed by atoms with E-state index in [4.69, 9.17) is 0 Å². The predicted molar refractivity (Wildman–Crippen MR) is 105 cm³/mol. The lowest BCUT2D eigenvalue weighted by Crippen LogP contribution is -2.29. The lowest BCUT2D eigenvalue weighted by atomic mass is 10.2. The summed E-state index contributed by atoms with van der Waals surface area (Å²) in [5, 5.41) is 5.69. The van der Waals surface area contributed by atoms with Gasteiger partial charge in [-0.05, 0) is 29.8 Å². The number of nitrogens with one attached hydrogen (secondary N) is 2. The maximum Gasteiger partial charge on any atom is 0.240 e. The van der Waals surface area contributed by atoms with Crippen molar-refractivity contribution in [2.24, 2.45) is 0 Å². The van der Waals surface area contributed by atoms with E-state index in [0.717, 1.165) is 22.4 Å². The summed E-state index contributed by atoms with van der Waals surface area (Å²) in [6.07, 6.45) is 0.966. The molecule has 0 aliphatic carbocycles. The third-order valence-electron chi connectivity index (χ3n) is 4.43. The number of benzene rings is 2. The van der Waals surface area contributed by atoms with Gasteiger partial charge in [0.15, 0.2) is 0 Å². The Morgan fingerprint density at radius 3 is 2.54 bits per heavy atom. The maximum absolute atomic E-state index is 13.0. The molecule has 0 bridgehead atoms. The molecule has 0 radical (unpaired) electrons. The second-order valence-corrected chi connectivity index (χ2v) is 6.46. The fourth-order valence-electron chi connectivity index (χ4n) is 2.93. The zero-order valence-electron chi connectivity index (χ0n) is 15.7. The van der Waals surface area contributed by atoms with Crippen LogP contribution >= 0.6 is 0 Å². The van der Waals surface area contributed by atoms with Gasteiger partial charge < -0.3 is 15.2 Å². The largest absolute Gasteiger partial charge is 0.356 e. The average molecular weight is 382 g/mol. The molecule has 28 heavy (non-hydrogen) atoms. The molecule has 146 valence electrons. The van der Waals surface area contributed by atoms with Crippen molar-refractivity contribution in [2.45, 2.75) is 32.9 Å². The lowest BCUT2D eigenvalue weighted by molar-refractivity contribution is -0.122. The number of carbonyl (C=O) groups excluding carboxylic acids is 2. The molecule has 0 spiro atoms. The van der Waals surface area contributed by atoms with Crippen LogP contribution in [0.1, 0.15) is 24.7 Å². The minimum absolute atomic E-state index is 0.0142. The van der Waals surface area contributed by atoms with Gasteiger partial charge in [-0.2, -0.15) is 0 Å². The van der Waals surface area contributed by atoms with Crippen LogP contribution in [0.25, 0.3) is 11.0 Å². The monoisotopic (exact) mass is 382 g/mol. The van der Waals surface area contributed by atoms with E-state index < -0.39 is 0 Å². The average Bonchev–Trinajstić information content (AvgIpc) is 3.05. The van der Waals surface area contributed by atoms with Crippen LogP contribution in [0.15, 0.2) is 48.5 Å². The van der Waals surface area contributed by atoms with Gasteiger partial charge in [-0.1, -0.05) is 31.2 Å². The summed E-state index contributed by atoms with van der Waals surface area (Å²) < 4.78 is 14.8. The zero-order chi connectivity index (χ0) is 19.9. The first-order chi connectivity index (χ1) is 13.6. The molecule has 2 aromatic carbocycles. The highest BCUT2D eigenvalue weighted by atomic mass is 19.1. The van der Waals surface area contributed by atoms with Crippen LogP contribution in [-0.4, -0.2) is 27.9 Å². The van der Waals surface area contributed by atoms with E-state index in [0.29, 0.717) is 25.9 Å². The molecule has 1 heterocycles. The van der Waals surface area contributed by atoms with Crippen LogP contribution in [0, 0.1) is 5.82 Å². The third kappa shape index (κ3) is 4.94. The van der Waals surface area contributed by atoms with Gasteiger partial charge in [-0.15, -0.1) is 0 Å². The summed E-state index contributed by atoms with van der Waals surface area (Å²) in [5.41, 5.74) is 2.51. The molecule has 1 aromatic heterocycles. The third-order valence-corrected chi connectivity index (χ3v) is 4.43. The maximum atomic E-state index is 13.0. The van der Waals surface area contributed by atoms with Crippen LogP contribution in [0.2, 0.25) is 0 Å². The van der Waals surface area contributed by atoms with E-state index in [1.165, 1.54) is 12.1 Å². The second kappa shape index (κ2) is 9.12. The highest BCUT2D eigenvalue weighted by Crippen LogP contribution is 2.16. The molecule has 0 saturated heterocycles. The molecule has 0 atom stereocenters. The number of rotatable bonds is 8. The molecule has 0 unspecified atom stereocenters. The number of nitrogens with zero attached hydrogens (tertiary/aromatic N) is 2. The van der Waals surface area contributed by atoms with Crippen LogP contribution in [0.5, 0.6) is 0 Å². The van der Waals surface area contributed by atoms with E-state index >= 15 is 0 Å². The Morgan fingerprint density at radius 2 is 1.79 bits per heavy atom. The Morgan fingerprint density at radius 1 is 1.04 bits per heavy atom. The van der Waals surface area contributed by atoms with Gasteiger partial charge in [0.05, 0.1) is 11.0 Å². The molecule has 2 amide bonds. The summed E-state index contributed by atoms with van der Waals surface area (Å²) in [7, 11) is 0. The second-order valence-electron chi connectivity index (χ2n) is 6.46. The lowest BCUT2D eigenvalue weighted by Gasteiger charge is -2.11. The molecule has 0 fully saturated rings. The number of carbonyl (C=O) groups is 2. The summed E-state index contributed by atoms with van der Waals surface area (Å²) in [5.74, 6) is 0.264. The minimum atomic E-state index is -0.306. The molecule has 7 heteroatoms.